The molecule has 0 aromatic rings. The van der Waals surface area contributed by atoms with Crippen LogP contribution < -0.4 is 0 Å². The van der Waals surface area contributed by atoms with Crippen LogP contribution in [0.5, 0.6) is 0 Å². The number of carbonyl (C=O) groups excluding carboxylic acids is 1. The maximum absolute atomic E-state index is 12.4. The van der Waals surface area contributed by atoms with Crippen molar-refractivity contribution in [1.82, 2.24) is 4.90 Å². The predicted molar refractivity (Wildman–Crippen MR) is 86.1 cm³/mol. The van der Waals surface area contributed by atoms with E-state index in [4.69, 9.17) is 14.6 Å². The molecule has 0 aromatic carbocycles. The van der Waals surface area contributed by atoms with Crippen LogP contribution in [-0.4, -0.2) is 59.9 Å². The zero-order chi connectivity index (χ0) is 17.3. The fraction of sp³-hybridized carbons (Fsp3) is 0.778. The van der Waals surface area contributed by atoms with Crippen molar-refractivity contribution in [2.45, 2.75) is 56.8 Å². The van der Waals surface area contributed by atoms with Crippen LogP contribution in [0.1, 0.15) is 39.0 Å². The van der Waals surface area contributed by atoms with Gasteiger partial charge in [0.05, 0.1) is 18.1 Å². The first-order valence-corrected chi connectivity index (χ1v) is 8.65. The third kappa shape index (κ3) is 3.57. The molecule has 3 rings (SSSR count). The zero-order valence-electron chi connectivity index (χ0n) is 14.3. The highest BCUT2D eigenvalue weighted by atomic mass is 16.6. The third-order valence-corrected chi connectivity index (χ3v) is 5.35. The highest BCUT2D eigenvalue weighted by molar-refractivity contribution is 5.76. The van der Waals surface area contributed by atoms with Gasteiger partial charge < -0.3 is 14.6 Å². The Morgan fingerprint density at radius 2 is 2.17 bits per heavy atom. The van der Waals surface area contributed by atoms with Crippen LogP contribution in [0.2, 0.25) is 0 Å². The summed E-state index contributed by atoms with van der Waals surface area (Å²) >= 11 is 0. The van der Waals surface area contributed by atoms with Crippen molar-refractivity contribution in [3.8, 4) is 11.8 Å². The van der Waals surface area contributed by atoms with Crippen molar-refractivity contribution in [2.75, 3.05) is 20.1 Å². The van der Waals surface area contributed by atoms with Crippen molar-refractivity contribution >= 4 is 11.9 Å². The standard InChI is InChI=1S/C18H25NO5/c1-18-9-7-5-3-4-6-8-12-13(10-19(2)11-14(20)21)17(22)23-15(12)16(18)24-18/h12-13,15-16H,5-11H2,1-2H3,(H,20,21)/t12-,13-,15-,16-,18+/m0/s1. The van der Waals surface area contributed by atoms with E-state index in [1.54, 1.807) is 11.9 Å². The maximum atomic E-state index is 12.4. The molecule has 2 fully saturated rings. The molecular formula is C18H25NO5. The quantitative estimate of drug-likeness (QED) is 0.474. The number of rotatable bonds is 4. The minimum Gasteiger partial charge on any atom is -0.480 e. The molecule has 0 aromatic heterocycles. The zero-order valence-corrected chi connectivity index (χ0v) is 14.3. The summed E-state index contributed by atoms with van der Waals surface area (Å²) in [7, 11) is 1.72. The predicted octanol–water partition coefficient (Wildman–Crippen LogP) is 1.29. The van der Waals surface area contributed by atoms with Crippen LogP contribution in [0.4, 0.5) is 0 Å². The molecule has 6 heteroatoms. The van der Waals surface area contributed by atoms with E-state index in [-0.39, 0.29) is 42.2 Å². The Bertz CT molecular complexity index is 580. The highest BCUT2D eigenvalue weighted by Gasteiger charge is 2.62. The summed E-state index contributed by atoms with van der Waals surface area (Å²) in [6, 6.07) is 0. The van der Waals surface area contributed by atoms with Crippen LogP contribution in [0.3, 0.4) is 0 Å². The molecule has 0 amide bonds. The monoisotopic (exact) mass is 335 g/mol. The van der Waals surface area contributed by atoms with Gasteiger partial charge in [-0.25, -0.2) is 0 Å². The molecule has 6 nitrogen and oxygen atoms in total. The number of fused-ring (bicyclic) bond motifs is 3. The third-order valence-electron chi connectivity index (χ3n) is 5.35. The SMILES string of the molecule is CN(CC(=O)O)C[C@@H]1C(=O)O[C@H]2[C@H]1CCC#CCCC[C@@]1(C)O[C@@H]21. The van der Waals surface area contributed by atoms with Gasteiger partial charge >= 0.3 is 11.9 Å². The summed E-state index contributed by atoms with van der Waals surface area (Å²) in [6.45, 7) is 2.39. The first kappa shape index (κ1) is 17.2. The van der Waals surface area contributed by atoms with Gasteiger partial charge in [0.15, 0.2) is 0 Å². The van der Waals surface area contributed by atoms with E-state index in [0.717, 1.165) is 32.1 Å². The van der Waals surface area contributed by atoms with E-state index < -0.39 is 5.97 Å². The lowest BCUT2D eigenvalue weighted by Gasteiger charge is -2.23. The summed E-state index contributed by atoms with van der Waals surface area (Å²) in [5.41, 5.74) is -0.211. The topological polar surface area (TPSA) is 79.4 Å². The molecule has 3 aliphatic rings. The van der Waals surface area contributed by atoms with Crippen LogP contribution in [0, 0.1) is 23.7 Å². The summed E-state index contributed by atoms with van der Waals surface area (Å²) < 4.78 is 11.6. The molecule has 24 heavy (non-hydrogen) atoms. The number of likely N-dealkylation sites (N-methyl/N-ethyl adjacent to an activating group) is 1. The van der Waals surface area contributed by atoms with Gasteiger partial charge in [0.1, 0.15) is 12.2 Å². The molecule has 2 aliphatic heterocycles. The van der Waals surface area contributed by atoms with E-state index in [1.165, 1.54) is 0 Å². The Hall–Kier alpha value is -1.58. The van der Waals surface area contributed by atoms with Crippen molar-refractivity contribution in [2.24, 2.45) is 11.8 Å². The molecular weight excluding hydrogens is 310 g/mol. The number of carboxylic acid groups (broad SMARTS) is 1. The molecule has 0 spiro atoms. The number of ether oxygens (including phenoxy) is 2. The Morgan fingerprint density at radius 1 is 1.42 bits per heavy atom. The summed E-state index contributed by atoms with van der Waals surface area (Å²) in [4.78, 5) is 24.9. The van der Waals surface area contributed by atoms with E-state index >= 15 is 0 Å². The number of hydrogen-bond acceptors (Lipinski definition) is 5. The molecule has 0 radical (unpaired) electrons. The molecule has 0 saturated carbocycles. The number of hydrogen-bond donors (Lipinski definition) is 1. The van der Waals surface area contributed by atoms with Crippen molar-refractivity contribution in [1.29, 1.82) is 0 Å². The van der Waals surface area contributed by atoms with Crippen molar-refractivity contribution in [3.05, 3.63) is 0 Å². The smallest absolute Gasteiger partial charge is 0.317 e. The van der Waals surface area contributed by atoms with Crippen LogP contribution in [-0.2, 0) is 19.1 Å². The van der Waals surface area contributed by atoms with Gasteiger partial charge in [-0.2, -0.15) is 0 Å². The average Bonchev–Trinajstić information content (AvgIpc) is 3.07. The van der Waals surface area contributed by atoms with Gasteiger partial charge in [-0.05, 0) is 33.2 Å². The Balaban J connectivity index is 1.75. The van der Waals surface area contributed by atoms with E-state index in [9.17, 15) is 9.59 Å². The van der Waals surface area contributed by atoms with Crippen molar-refractivity contribution < 1.29 is 24.2 Å². The first-order chi connectivity index (χ1) is 11.4. The number of epoxide rings is 1. The largest absolute Gasteiger partial charge is 0.480 e. The molecule has 0 unspecified atom stereocenters. The fourth-order valence-electron chi connectivity index (χ4n) is 4.02. The van der Waals surface area contributed by atoms with E-state index in [1.807, 2.05) is 0 Å². The van der Waals surface area contributed by atoms with Gasteiger partial charge in [-0.3, -0.25) is 14.5 Å². The van der Waals surface area contributed by atoms with E-state index in [2.05, 4.69) is 18.8 Å². The second-order valence-electron chi connectivity index (χ2n) is 7.36. The Kier molecular flexibility index (Phi) is 4.84. The van der Waals surface area contributed by atoms with E-state index in [0.29, 0.717) is 6.54 Å². The number of carboxylic acids is 1. The highest BCUT2D eigenvalue weighted by Crippen LogP contribution is 2.49. The molecule has 1 N–H and O–H groups in total. The molecule has 132 valence electrons. The number of aliphatic carboxylic acids is 1. The van der Waals surface area contributed by atoms with Gasteiger partial charge in [-0.15, -0.1) is 11.8 Å². The van der Waals surface area contributed by atoms with Crippen LogP contribution in [0.25, 0.3) is 0 Å². The normalized spacial score (nSPS) is 38.2. The summed E-state index contributed by atoms with van der Waals surface area (Å²) in [5.74, 6) is 4.98. The van der Waals surface area contributed by atoms with Crippen LogP contribution >= 0.6 is 0 Å². The molecule has 2 heterocycles. The summed E-state index contributed by atoms with van der Waals surface area (Å²) in [6.07, 6.45) is 4.05. The molecule has 0 bridgehead atoms. The Morgan fingerprint density at radius 3 is 2.92 bits per heavy atom. The number of carbonyl (C=O) groups is 2. The minimum absolute atomic E-state index is 0.0352. The summed E-state index contributed by atoms with van der Waals surface area (Å²) in [5, 5.41) is 8.92. The maximum Gasteiger partial charge on any atom is 0.317 e. The van der Waals surface area contributed by atoms with Crippen molar-refractivity contribution in [3.63, 3.8) is 0 Å². The fourth-order valence-corrected chi connectivity index (χ4v) is 4.02. The lowest BCUT2D eigenvalue weighted by atomic mass is 9.82. The lowest BCUT2D eigenvalue weighted by molar-refractivity contribution is -0.146. The van der Waals surface area contributed by atoms with Crippen LogP contribution in [0.15, 0.2) is 0 Å². The molecule has 1 aliphatic carbocycles. The Labute approximate surface area is 142 Å². The lowest BCUT2D eigenvalue weighted by Crippen LogP contribution is -2.36. The first-order valence-electron chi connectivity index (χ1n) is 8.65. The van der Waals surface area contributed by atoms with Gasteiger partial charge in [-0.1, -0.05) is 0 Å². The van der Waals surface area contributed by atoms with Gasteiger partial charge in [0.2, 0.25) is 0 Å². The number of nitrogens with zero attached hydrogens (tertiary/aromatic N) is 1. The van der Waals surface area contributed by atoms with Gasteiger partial charge in [0.25, 0.3) is 0 Å². The minimum atomic E-state index is -0.896. The number of esters is 1. The average molecular weight is 335 g/mol. The molecule has 2 saturated heterocycles. The molecule has 5 atom stereocenters. The second-order valence-corrected chi connectivity index (χ2v) is 7.36. The van der Waals surface area contributed by atoms with Gasteiger partial charge in [0, 0.05) is 25.3 Å². The second kappa shape index (κ2) is 6.73.